The van der Waals surface area contributed by atoms with E-state index in [-0.39, 0.29) is 18.3 Å². The van der Waals surface area contributed by atoms with Crippen LogP contribution in [0, 0.1) is 11.8 Å². The smallest absolute Gasteiger partial charge is 0.307 e. The highest BCUT2D eigenvalue weighted by atomic mass is 16.7. The summed E-state index contributed by atoms with van der Waals surface area (Å²) in [6.07, 6.45) is 0.716. The first kappa shape index (κ1) is 17.9. The summed E-state index contributed by atoms with van der Waals surface area (Å²) in [5.74, 6) is -0.625. The van der Waals surface area contributed by atoms with Crippen molar-refractivity contribution in [3.8, 4) is 0 Å². The fourth-order valence-corrected chi connectivity index (χ4v) is 1.77. The van der Waals surface area contributed by atoms with Crippen LogP contribution >= 0.6 is 0 Å². The second kappa shape index (κ2) is 7.48. The highest BCUT2D eigenvalue weighted by molar-refractivity contribution is 5.83. The standard InChI is InChI=1S/C14H27NO4/c1-10(2)8-11(13(17)15(6)18-7)9-12(16)19-14(3,4)5/h10-11H,8-9H2,1-7H3/t11-/m1/s1. The monoisotopic (exact) mass is 273 g/mol. The first-order valence-corrected chi connectivity index (χ1v) is 6.60. The molecule has 1 amide bonds. The Balaban J connectivity index is 4.69. The molecule has 0 radical (unpaired) electrons. The van der Waals surface area contributed by atoms with Gasteiger partial charge < -0.3 is 4.74 Å². The molecule has 0 aliphatic rings. The third-order valence-electron chi connectivity index (χ3n) is 2.52. The van der Waals surface area contributed by atoms with Crippen molar-refractivity contribution in [3.63, 3.8) is 0 Å². The molecule has 0 aromatic carbocycles. The van der Waals surface area contributed by atoms with Gasteiger partial charge in [-0.1, -0.05) is 13.8 Å². The lowest BCUT2D eigenvalue weighted by Crippen LogP contribution is -2.35. The van der Waals surface area contributed by atoms with Crippen LogP contribution in [0.25, 0.3) is 0 Å². The van der Waals surface area contributed by atoms with E-state index in [2.05, 4.69) is 0 Å². The number of rotatable bonds is 6. The number of esters is 1. The van der Waals surface area contributed by atoms with Crippen molar-refractivity contribution >= 4 is 11.9 Å². The number of carbonyl (C=O) groups is 2. The van der Waals surface area contributed by atoms with E-state index >= 15 is 0 Å². The lowest BCUT2D eigenvalue weighted by Gasteiger charge is -2.25. The third kappa shape index (κ3) is 7.82. The molecule has 5 nitrogen and oxygen atoms in total. The summed E-state index contributed by atoms with van der Waals surface area (Å²) < 4.78 is 5.26. The first-order valence-electron chi connectivity index (χ1n) is 6.60. The minimum absolute atomic E-state index is 0.0853. The fourth-order valence-electron chi connectivity index (χ4n) is 1.77. The fraction of sp³-hybridized carbons (Fsp3) is 0.857. The van der Waals surface area contributed by atoms with Crippen molar-refractivity contribution < 1.29 is 19.2 Å². The van der Waals surface area contributed by atoms with Gasteiger partial charge in [0.05, 0.1) is 19.4 Å². The quantitative estimate of drug-likeness (QED) is 0.551. The molecule has 0 spiro atoms. The van der Waals surface area contributed by atoms with Crippen LogP contribution in [0.5, 0.6) is 0 Å². The van der Waals surface area contributed by atoms with E-state index in [4.69, 9.17) is 9.57 Å². The van der Waals surface area contributed by atoms with Crippen molar-refractivity contribution in [3.05, 3.63) is 0 Å². The van der Waals surface area contributed by atoms with Gasteiger partial charge in [-0.25, -0.2) is 5.06 Å². The van der Waals surface area contributed by atoms with E-state index in [1.54, 1.807) is 7.05 Å². The summed E-state index contributed by atoms with van der Waals surface area (Å²) >= 11 is 0. The average molecular weight is 273 g/mol. The molecule has 0 unspecified atom stereocenters. The number of hydrogen-bond acceptors (Lipinski definition) is 4. The molecule has 0 aliphatic heterocycles. The Morgan fingerprint density at radius 1 is 1.21 bits per heavy atom. The van der Waals surface area contributed by atoms with E-state index in [9.17, 15) is 9.59 Å². The minimum Gasteiger partial charge on any atom is -0.460 e. The SMILES string of the molecule is CON(C)C(=O)[C@@H](CC(=O)OC(C)(C)C)CC(C)C. The predicted octanol–water partition coefficient (Wildman–Crippen LogP) is 2.40. The van der Waals surface area contributed by atoms with Crippen LogP contribution in [-0.4, -0.2) is 36.7 Å². The van der Waals surface area contributed by atoms with Gasteiger partial charge in [-0.3, -0.25) is 14.4 Å². The minimum atomic E-state index is -0.532. The zero-order valence-corrected chi connectivity index (χ0v) is 13.1. The molecule has 0 saturated heterocycles. The molecular weight excluding hydrogens is 246 g/mol. The largest absolute Gasteiger partial charge is 0.460 e. The highest BCUT2D eigenvalue weighted by Gasteiger charge is 2.28. The lowest BCUT2D eigenvalue weighted by atomic mass is 9.93. The van der Waals surface area contributed by atoms with Gasteiger partial charge in [-0.05, 0) is 33.1 Å². The maximum atomic E-state index is 12.1. The summed E-state index contributed by atoms with van der Waals surface area (Å²) in [5, 5.41) is 1.16. The number of nitrogens with zero attached hydrogens (tertiary/aromatic N) is 1. The van der Waals surface area contributed by atoms with Crippen molar-refractivity contribution in [2.45, 2.75) is 53.1 Å². The van der Waals surface area contributed by atoms with Crippen LogP contribution in [0.1, 0.15) is 47.5 Å². The zero-order chi connectivity index (χ0) is 15.2. The molecule has 5 heteroatoms. The Labute approximate surface area is 116 Å². The van der Waals surface area contributed by atoms with Crippen molar-refractivity contribution in [1.82, 2.24) is 5.06 Å². The van der Waals surface area contributed by atoms with Crippen LogP contribution in [0.2, 0.25) is 0 Å². The van der Waals surface area contributed by atoms with Gasteiger partial charge in [0.1, 0.15) is 5.60 Å². The van der Waals surface area contributed by atoms with Crippen LogP contribution in [0.3, 0.4) is 0 Å². The summed E-state index contributed by atoms with van der Waals surface area (Å²) in [6, 6.07) is 0. The maximum absolute atomic E-state index is 12.1. The first-order chi connectivity index (χ1) is 8.56. The Hall–Kier alpha value is -1.10. The Morgan fingerprint density at radius 3 is 2.11 bits per heavy atom. The van der Waals surface area contributed by atoms with E-state index < -0.39 is 11.5 Å². The molecule has 0 bridgehead atoms. The lowest BCUT2D eigenvalue weighted by molar-refractivity contribution is -0.177. The summed E-state index contributed by atoms with van der Waals surface area (Å²) in [4.78, 5) is 28.8. The van der Waals surface area contributed by atoms with Gasteiger partial charge in [0, 0.05) is 7.05 Å². The molecular formula is C14H27NO4. The number of amides is 1. The molecule has 0 aliphatic carbocycles. The van der Waals surface area contributed by atoms with Gasteiger partial charge in [-0.2, -0.15) is 0 Å². The van der Waals surface area contributed by atoms with E-state index in [0.29, 0.717) is 12.3 Å². The second-order valence-corrected chi connectivity index (χ2v) is 6.14. The van der Waals surface area contributed by atoms with Crippen molar-refractivity contribution in [2.24, 2.45) is 11.8 Å². The number of hydroxylamine groups is 2. The molecule has 0 rings (SSSR count). The van der Waals surface area contributed by atoms with Crippen LogP contribution in [0.15, 0.2) is 0 Å². The van der Waals surface area contributed by atoms with Crippen LogP contribution < -0.4 is 0 Å². The van der Waals surface area contributed by atoms with Gasteiger partial charge in [0.2, 0.25) is 5.91 Å². The number of ether oxygens (including phenoxy) is 1. The number of carbonyl (C=O) groups excluding carboxylic acids is 2. The van der Waals surface area contributed by atoms with E-state index in [0.717, 1.165) is 5.06 Å². The number of hydrogen-bond donors (Lipinski definition) is 0. The Morgan fingerprint density at radius 2 is 1.74 bits per heavy atom. The molecule has 0 N–H and O–H groups in total. The van der Waals surface area contributed by atoms with Crippen molar-refractivity contribution in [1.29, 1.82) is 0 Å². The van der Waals surface area contributed by atoms with Gasteiger partial charge >= 0.3 is 5.97 Å². The third-order valence-corrected chi connectivity index (χ3v) is 2.52. The molecule has 1 atom stereocenters. The molecule has 0 saturated carbocycles. The van der Waals surface area contributed by atoms with E-state index in [1.807, 2.05) is 34.6 Å². The predicted molar refractivity (Wildman–Crippen MR) is 73.2 cm³/mol. The molecule has 112 valence electrons. The van der Waals surface area contributed by atoms with Gasteiger partial charge in [0.25, 0.3) is 0 Å². The summed E-state index contributed by atoms with van der Waals surface area (Å²) in [6.45, 7) is 9.46. The molecule has 0 heterocycles. The Bertz CT molecular complexity index is 307. The second-order valence-electron chi connectivity index (χ2n) is 6.14. The maximum Gasteiger partial charge on any atom is 0.307 e. The summed E-state index contributed by atoms with van der Waals surface area (Å²) in [5.41, 5.74) is -0.532. The van der Waals surface area contributed by atoms with Crippen LogP contribution in [0.4, 0.5) is 0 Å². The molecule has 0 aromatic rings. The van der Waals surface area contributed by atoms with Gasteiger partial charge in [-0.15, -0.1) is 0 Å². The molecule has 0 aromatic heterocycles. The average Bonchev–Trinajstić information content (AvgIpc) is 2.22. The van der Waals surface area contributed by atoms with Crippen LogP contribution in [-0.2, 0) is 19.2 Å². The van der Waals surface area contributed by atoms with Gasteiger partial charge in [0.15, 0.2) is 0 Å². The zero-order valence-electron chi connectivity index (χ0n) is 13.1. The van der Waals surface area contributed by atoms with Crippen molar-refractivity contribution in [2.75, 3.05) is 14.2 Å². The topological polar surface area (TPSA) is 55.8 Å². The highest BCUT2D eigenvalue weighted by Crippen LogP contribution is 2.20. The molecule has 0 fully saturated rings. The summed E-state index contributed by atoms with van der Waals surface area (Å²) in [7, 11) is 2.97. The normalized spacial score (nSPS) is 13.3. The Kier molecular flexibility index (Phi) is 7.05. The van der Waals surface area contributed by atoms with E-state index in [1.165, 1.54) is 7.11 Å². The molecule has 19 heavy (non-hydrogen) atoms.